The Morgan fingerprint density at radius 2 is 1.91 bits per heavy atom. The van der Waals surface area contributed by atoms with Crippen molar-refractivity contribution in [2.24, 2.45) is 5.73 Å². The Labute approximate surface area is 128 Å². The number of carbonyl (C=O) groups excluding carboxylic acids is 1. The molecule has 1 aliphatic rings. The highest BCUT2D eigenvalue weighted by Gasteiger charge is 2.27. The van der Waals surface area contributed by atoms with E-state index >= 15 is 0 Å². The van der Waals surface area contributed by atoms with Gasteiger partial charge in [-0.05, 0) is 30.3 Å². The van der Waals surface area contributed by atoms with E-state index in [9.17, 15) is 9.18 Å². The number of hydrogen-bond acceptors (Lipinski definition) is 3. The van der Waals surface area contributed by atoms with Gasteiger partial charge in [0.25, 0.3) is 0 Å². The van der Waals surface area contributed by atoms with Crippen molar-refractivity contribution in [2.45, 2.75) is 19.1 Å². The summed E-state index contributed by atoms with van der Waals surface area (Å²) in [5.41, 5.74) is 7.10. The van der Waals surface area contributed by atoms with E-state index in [1.165, 1.54) is 6.07 Å². The van der Waals surface area contributed by atoms with E-state index in [1.54, 1.807) is 35.2 Å². The molecule has 3 rings (SSSR count). The first-order valence-electron chi connectivity index (χ1n) is 7.16. The highest BCUT2D eigenvalue weighted by atomic mass is 19.1. The predicted molar refractivity (Wildman–Crippen MR) is 82.1 cm³/mol. The number of nitrogens with two attached hydrogens (primary N) is 1. The average Bonchev–Trinajstić information content (AvgIpc) is 2.86. The van der Waals surface area contributed by atoms with Gasteiger partial charge in [-0.2, -0.15) is 0 Å². The molecular formula is C17H17FN2O2. The van der Waals surface area contributed by atoms with Crippen molar-refractivity contribution < 1.29 is 13.9 Å². The van der Waals surface area contributed by atoms with Gasteiger partial charge in [-0.3, -0.25) is 4.79 Å². The van der Waals surface area contributed by atoms with Gasteiger partial charge in [0.05, 0.1) is 0 Å². The van der Waals surface area contributed by atoms with Gasteiger partial charge in [-0.25, -0.2) is 4.39 Å². The Kier molecular flexibility index (Phi) is 4.06. The van der Waals surface area contributed by atoms with Crippen molar-refractivity contribution in [3.05, 3.63) is 59.9 Å². The Bertz CT molecular complexity index is 673. The van der Waals surface area contributed by atoms with Crippen LogP contribution in [-0.2, 0) is 11.4 Å². The van der Waals surface area contributed by atoms with Gasteiger partial charge >= 0.3 is 0 Å². The lowest BCUT2D eigenvalue weighted by Crippen LogP contribution is -2.27. The minimum Gasteiger partial charge on any atom is -0.489 e. The molecule has 0 aliphatic carbocycles. The topological polar surface area (TPSA) is 55.6 Å². The first kappa shape index (κ1) is 14.5. The van der Waals surface area contributed by atoms with Gasteiger partial charge in [0, 0.05) is 30.3 Å². The monoisotopic (exact) mass is 300 g/mol. The van der Waals surface area contributed by atoms with E-state index in [0.29, 0.717) is 24.3 Å². The maximum absolute atomic E-state index is 13.5. The van der Waals surface area contributed by atoms with Gasteiger partial charge in [0.2, 0.25) is 5.91 Å². The second kappa shape index (κ2) is 6.15. The molecule has 0 bridgehead atoms. The van der Waals surface area contributed by atoms with E-state index in [-0.39, 0.29) is 24.4 Å². The number of carbonyl (C=O) groups is 1. The first-order chi connectivity index (χ1) is 10.6. The molecule has 0 aromatic heterocycles. The first-order valence-corrected chi connectivity index (χ1v) is 7.16. The van der Waals surface area contributed by atoms with Crippen molar-refractivity contribution in [1.29, 1.82) is 0 Å². The lowest BCUT2D eigenvalue weighted by Gasteiger charge is -2.16. The van der Waals surface area contributed by atoms with Crippen LogP contribution in [0.25, 0.3) is 0 Å². The second-order valence-corrected chi connectivity index (χ2v) is 5.34. The number of amides is 1. The zero-order valence-corrected chi connectivity index (χ0v) is 12.0. The summed E-state index contributed by atoms with van der Waals surface area (Å²) < 4.78 is 19.1. The Morgan fingerprint density at radius 3 is 2.55 bits per heavy atom. The highest BCUT2D eigenvalue weighted by molar-refractivity contribution is 5.96. The summed E-state index contributed by atoms with van der Waals surface area (Å²) in [5, 5.41) is 0. The third-order valence-corrected chi connectivity index (χ3v) is 3.66. The molecule has 1 amide bonds. The normalized spacial score (nSPS) is 17.8. The molecule has 1 heterocycles. The van der Waals surface area contributed by atoms with Gasteiger partial charge in [0.15, 0.2) is 0 Å². The SMILES string of the molecule is N[C@@H]1CC(=O)N(c2ccc(OCc3ccccc3F)cc2)C1. The van der Waals surface area contributed by atoms with Gasteiger partial charge in [-0.15, -0.1) is 0 Å². The number of ether oxygens (including phenoxy) is 1. The van der Waals surface area contributed by atoms with E-state index in [4.69, 9.17) is 10.5 Å². The molecule has 2 aromatic carbocycles. The average molecular weight is 300 g/mol. The van der Waals surface area contributed by atoms with Crippen LogP contribution in [-0.4, -0.2) is 18.5 Å². The highest BCUT2D eigenvalue weighted by Crippen LogP contribution is 2.24. The van der Waals surface area contributed by atoms with Gasteiger partial charge < -0.3 is 15.4 Å². The van der Waals surface area contributed by atoms with Crippen LogP contribution in [0, 0.1) is 5.82 Å². The quantitative estimate of drug-likeness (QED) is 0.943. The lowest BCUT2D eigenvalue weighted by atomic mass is 10.2. The van der Waals surface area contributed by atoms with Crippen LogP contribution in [0.4, 0.5) is 10.1 Å². The standard InChI is InChI=1S/C17H17FN2O2/c18-16-4-2-1-3-12(16)11-22-15-7-5-14(6-8-15)20-10-13(19)9-17(20)21/h1-8,13H,9-11,19H2/t13-/m1/s1. The molecule has 0 spiro atoms. The van der Waals surface area contributed by atoms with Crippen LogP contribution in [0.15, 0.2) is 48.5 Å². The molecule has 114 valence electrons. The number of anilines is 1. The van der Waals surface area contributed by atoms with Crippen LogP contribution >= 0.6 is 0 Å². The van der Waals surface area contributed by atoms with E-state index < -0.39 is 0 Å². The second-order valence-electron chi connectivity index (χ2n) is 5.34. The Hall–Kier alpha value is -2.40. The molecular weight excluding hydrogens is 283 g/mol. The molecule has 4 nitrogen and oxygen atoms in total. The molecule has 2 aromatic rings. The minimum absolute atomic E-state index is 0.0347. The fraction of sp³-hybridized carbons (Fsp3) is 0.235. The summed E-state index contributed by atoms with van der Waals surface area (Å²) >= 11 is 0. The number of hydrogen-bond donors (Lipinski definition) is 1. The van der Waals surface area contributed by atoms with Crippen molar-refractivity contribution >= 4 is 11.6 Å². The summed E-state index contributed by atoms with van der Waals surface area (Å²) in [7, 11) is 0. The molecule has 1 saturated heterocycles. The van der Waals surface area contributed by atoms with E-state index in [2.05, 4.69) is 0 Å². The zero-order chi connectivity index (χ0) is 15.5. The molecule has 22 heavy (non-hydrogen) atoms. The lowest BCUT2D eigenvalue weighted by molar-refractivity contribution is -0.117. The maximum atomic E-state index is 13.5. The number of halogens is 1. The summed E-state index contributed by atoms with van der Waals surface area (Å²) in [4.78, 5) is 13.5. The molecule has 1 fully saturated rings. The Morgan fingerprint density at radius 1 is 1.18 bits per heavy atom. The van der Waals surface area contributed by atoms with Crippen molar-refractivity contribution in [3.8, 4) is 5.75 Å². The van der Waals surface area contributed by atoms with Crippen LogP contribution in [0.3, 0.4) is 0 Å². The Balaban J connectivity index is 1.65. The number of benzene rings is 2. The summed E-state index contributed by atoms with van der Waals surface area (Å²) in [5.74, 6) is 0.381. The van der Waals surface area contributed by atoms with Crippen LogP contribution in [0.1, 0.15) is 12.0 Å². The van der Waals surface area contributed by atoms with Crippen LogP contribution in [0.5, 0.6) is 5.75 Å². The maximum Gasteiger partial charge on any atom is 0.228 e. The van der Waals surface area contributed by atoms with Crippen LogP contribution < -0.4 is 15.4 Å². The predicted octanol–water partition coefficient (Wildman–Crippen LogP) is 2.47. The van der Waals surface area contributed by atoms with Crippen molar-refractivity contribution in [3.63, 3.8) is 0 Å². The fourth-order valence-electron chi connectivity index (χ4n) is 2.48. The minimum atomic E-state index is -0.282. The van der Waals surface area contributed by atoms with E-state index in [1.807, 2.05) is 12.1 Å². The molecule has 1 atom stereocenters. The largest absolute Gasteiger partial charge is 0.489 e. The number of rotatable bonds is 4. The van der Waals surface area contributed by atoms with E-state index in [0.717, 1.165) is 5.69 Å². The third kappa shape index (κ3) is 3.09. The third-order valence-electron chi connectivity index (χ3n) is 3.66. The summed E-state index contributed by atoms with van der Waals surface area (Å²) in [6, 6.07) is 13.6. The molecule has 5 heteroatoms. The van der Waals surface area contributed by atoms with Gasteiger partial charge in [0.1, 0.15) is 18.2 Å². The smallest absolute Gasteiger partial charge is 0.228 e. The van der Waals surface area contributed by atoms with Gasteiger partial charge in [-0.1, -0.05) is 18.2 Å². The zero-order valence-electron chi connectivity index (χ0n) is 12.0. The number of nitrogens with zero attached hydrogens (tertiary/aromatic N) is 1. The summed E-state index contributed by atoms with van der Waals surface area (Å²) in [6.07, 6.45) is 0.380. The molecule has 2 N–H and O–H groups in total. The molecule has 0 unspecified atom stereocenters. The molecule has 0 saturated carbocycles. The van der Waals surface area contributed by atoms with Crippen LogP contribution in [0.2, 0.25) is 0 Å². The molecule has 1 aliphatic heterocycles. The fourth-order valence-corrected chi connectivity index (χ4v) is 2.48. The van der Waals surface area contributed by atoms with Crippen molar-refractivity contribution in [1.82, 2.24) is 0 Å². The summed E-state index contributed by atoms with van der Waals surface area (Å²) in [6.45, 7) is 0.702. The molecule has 0 radical (unpaired) electrons. The van der Waals surface area contributed by atoms with Crippen molar-refractivity contribution in [2.75, 3.05) is 11.4 Å².